The Kier molecular flexibility index (Phi) is 4.97. The molecule has 0 radical (unpaired) electrons. The lowest BCUT2D eigenvalue weighted by Crippen LogP contribution is -2.35. The maximum atomic E-state index is 12.5. The summed E-state index contributed by atoms with van der Waals surface area (Å²) in [7, 11) is 1.38. The van der Waals surface area contributed by atoms with E-state index in [1.807, 2.05) is 17.0 Å². The summed E-state index contributed by atoms with van der Waals surface area (Å²) in [5.74, 6) is -0.971. The molecule has 25 heavy (non-hydrogen) atoms. The van der Waals surface area contributed by atoms with Gasteiger partial charge in [0.25, 0.3) is 5.91 Å². The fourth-order valence-electron chi connectivity index (χ4n) is 3.01. The lowest BCUT2D eigenvalue weighted by molar-refractivity contribution is 0.0690. The van der Waals surface area contributed by atoms with Crippen LogP contribution in [0.5, 0.6) is 5.88 Å². The van der Waals surface area contributed by atoms with Gasteiger partial charge in [-0.15, -0.1) is 0 Å². The Morgan fingerprint density at radius 3 is 2.36 bits per heavy atom. The number of carbonyl (C=O) groups is 2. The molecule has 6 nitrogen and oxygen atoms in total. The molecule has 1 fully saturated rings. The first-order valence-corrected chi connectivity index (χ1v) is 8.27. The Morgan fingerprint density at radius 1 is 1.08 bits per heavy atom. The number of methoxy groups -OCH3 is 1. The van der Waals surface area contributed by atoms with Gasteiger partial charge in [0.1, 0.15) is 5.56 Å². The number of benzene rings is 1. The van der Waals surface area contributed by atoms with Crippen molar-refractivity contribution in [3.8, 4) is 17.0 Å². The number of carbonyl (C=O) groups excluding carboxylic acids is 1. The Labute approximate surface area is 146 Å². The Bertz CT molecular complexity index is 781. The fourth-order valence-corrected chi connectivity index (χ4v) is 3.01. The molecule has 0 unspecified atom stereocenters. The fraction of sp³-hybridized carbons (Fsp3) is 0.316. The van der Waals surface area contributed by atoms with Gasteiger partial charge in [0, 0.05) is 30.4 Å². The highest BCUT2D eigenvalue weighted by atomic mass is 16.5. The van der Waals surface area contributed by atoms with Gasteiger partial charge >= 0.3 is 5.97 Å². The standard InChI is InChI=1S/C19H20N2O4/c1-25-17-16(19(23)24)11-15(12-20-17)13-5-7-14(8-6-13)18(22)21-9-3-2-4-10-21/h5-8,11-12H,2-4,9-10H2,1H3,(H,23,24). The third-order valence-corrected chi connectivity index (χ3v) is 4.38. The minimum absolute atomic E-state index is 0.00784. The van der Waals surface area contributed by atoms with Crippen molar-refractivity contribution in [1.82, 2.24) is 9.88 Å². The highest BCUT2D eigenvalue weighted by Crippen LogP contribution is 2.25. The molecule has 130 valence electrons. The van der Waals surface area contributed by atoms with Gasteiger partial charge < -0.3 is 14.7 Å². The number of aromatic nitrogens is 1. The zero-order valence-electron chi connectivity index (χ0n) is 14.1. The molecule has 1 aromatic heterocycles. The van der Waals surface area contributed by atoms with Crippen LogP contribution in [0, 0.1) is 0 Å². The minimum atomic E-state index is -1.09. The van der Waals surface area contributed by atoms with Crippen molar-refractivity contribution < 1.29 is 19.4 Å². The van der Waals surface area contributed by atoms with Gasteiger partial charge in [-0.1, -0.05) is 12.1 Å². The van der Waals surface area contributed by atoms with Gasteiger partial charge in [0.15, 0.2) is 0 Å². The van der Waals surface area contributed by atoms with Crippen molar-refractivity contribution >= 4 is 11.9 Å². The zero-order chi connectivity index (χ0) is 17.8. The number of hydrogen-bond acceptors (Lipinski definition) is 4. The average molecular weight is 340 g/mol. The van der Waals surface area contributed by atoms with Crippen LogP contribution in [0.1, 0.15) is 40.0 Å². The van der Waals surface area contributed by atoms with E-state index < -0.39 is 5.97 Å². The van der Waals surface area contributed by atoms with E-state index in [9.17, 15) is 14.7 Å². The van der Waals surface area contributed by atoms with Crippen molar-refractivity contribution in [3.63, 3.8) is 0 Å². The number of aromatic carboxylic acids is 1. The number of likely N-dealkylation sites (tertiary alicyclic amines) is 1. The summed E-state index contributed by atoms with van der Waals surface area (Å²) in [6.45, 7) is 1.62. The molecule has 1 N–H and O–H groups in total. The van der Waals surface area contributed by atoms with Crippen molar-refractivity contribution in [2.45, 2.75) is 19.3 Å². The number of carboxylic acid groups (broad SMARTS) is 1. The lowest BCUT2D eigenvalue weighted by atomic mass is 10.0. The second-order valence-corrected chi connectivity index (χ2v) is 6.02. The van der Waals surface area contributed by atoms with Gasteiger partial charge in [-0.2, -0.15) is 0 Å². The first-order chi connectivity index (χ1) is 12.1. The highest BCUT2D eigenvalue weighted by molar-refractivity contribution is 5.95. The smallest absolute Gasteiger partial charge is 0.341 e. The van der Waals surface area contributed by atoms with Gasteiger partial charge in [0.05, 0.1) is 7.11 Å². The summed E-state index contributed by atoms with van der Waals surface area (Å²) >= 11 is 0. The van der Waals surface area contributed by atoms with E-state index in [1.54, 1.807) is 18.3 Å². The predicted octanol–water partition coefficient (Wildman–Crippen LogP) is 3.08. The SMILES string of the molecule is COc1ncc(-c2ccc(C(=O)N3CCCCC3)cc2)cc1C(=O)O. The van der Waals surface area contributed by atoms with Gasteiger partial charge in [-0.3, -0.25) is 4.79 Å². The molecule has 1 aliphatic heterocycles. The number of nitrogens with zero attached hydrogens (tertiary/aromatic N) is 2. The van der Waals surface area contributed by atoms with E-state index in [1.165, 1.54) is 19.6 Å². The maximum absolute atomic E-state index is 12.5. The molecule has 0 atom stereocenters. The second kappa shape index (κ2) is 7.34. The maximum Gasteiger partial charge on any atom is 0.341 e. The van der Waals surface area contributed by atoms with Crippen LogP contribution in [0.2, 0.25) is 0 Å². The lowest BCUT2D eigenvalue weighted by Gasteiger charge is -2.26. The molecule has 3 rings (SSSR count). The topological polar surface area (TPSA) is 79.7 Å². The molecule has 1 amide bonds. The quantitative estimate of drug-likeness (QED) is 0.925. The molecule has 1 aliphatic rings. The molecule has 2 heterocycles. The van der Waals surface area contributed by atoms with Crippen molar-refractivity contribution in [1.29, 1.82) is 0 Å². The van der Waals surface area contributed by atoms with Crippen LogP contribution in [0.4, 0.5) is 0 Å². The Morgan fingerprint density at radius 2 is 1.76 bits per heavy atom. The molecule has 0 bridgehead atoms. The van der Waals surface area contributed by atoms with Gasteiger partial charge in [0.2, 0.25) is 5.88 Å². The first-order valence-electron chi connectivity index (χ1n) is 8.27. The van der Waals surface area contributed by atoms with Crippen LogP contribution in [0.25, 0.3) is 11.1 Å². The molecule has 0 saturated carbocycles. The molecular weight excluding hydrogens is 320 g/mol. The molecule has 0 aliphatic carbocycles. The van der Waals surface area contributed by atoms with E-state index in [0.717, 1.165) is 31.5 Å². The van der Waals surface area contributed by atoms with Crippen LogP contribution in [-0.2, 0) is 0 Å². The number of ether oxygens (including phenoxy) is 1. The van der Waals surface area contributed by atoms with Crippen LogP contribution in [0.15, 0.2) is 36.5 Å². The third kappa shape index (κ3) is 3.63. The van der Waals surface area contributed by atoms with Gasteiger partial charge in [-0.25, -0.2) is 9.78 Å². The number of piperidine rings is 1. The Balaban J connectivity index is 1.83. The Hall–Kier alpha value is -2.89. The molecule has 1 aromatic carbocycles. The van der Waals surface area contributed by atoms with E-state index in [2.05, 4.69) is 4.98 Å². The van der Waals surface area contributed by atoms with E-state index >= 15 is 0 Å². The highest BCUT2D eigenvalue weighted by Gasteiger charge is 2.18. The largest absolute Gasteiger partial charge is 0.480 e. The number of carboxylic acids is 1. The summed E-state index contributed by atoms with van der Waals surface area (Å²) in [5, 5.41) is 9.26. The summed E-state index contributed by atoms with van der Waals surface area (Å²) in [4.78, 5) is 29.7. The summed E-state index contributed by atoms with van der Waals surface area (Å²) < 4.78 is 4.97. The zero-order valence-corrected chi connectivity index (χ0v) is 14.1. The van der Waals surface area contributed by atoms with Crippen LogP contribution >= 0.6 is 0 Å². The third-order valence-electron chi connectivity index (χ3n) is 4.38. The normalized spacial score (nSPS) is 14.2. The van der Waals surface area contributed by atoms with Crippen molar-refractivity contribution in [2.75, 3.05) is 20.2 Å². The average Bonchev–Trinajstić information content (AvgIpc) is 2.67. The number of hydrogen-bond donors (Lipinski definition) is 1. The van der Waals surface area contributed by atoms with E-state index in [4.69, 9.17) is 4.74 Å². The van der Waals surface area contributed by atoms with Crippen LogP contribution < -0.4 is 4.74 Å². The molecule has 1 saturated heterocycles. The van der Waals surface area contributed by atoms with Crippen LogP contribution in [0.3, 0.4) is 0 Å². The number of rotatable bonds is 4. The number of amides is 1. The van der Waals surface area contributed by atoms with E-state index in [0.29, 0.717) is 11.1 Å². The number of pyridine rings is 1. The molecule has 0 spiro atoms. The first kappa shape index (κ1) is 17.0. The summed E-state index contributed by atoms with van der Waals surface area (Å²) in [6, 6.07) is 8.70. The van der Waals surface area contributed by atoms with Gasteiger partial charge in [-0.05, 0) is 43.0 Å². The second-order valence-electron chi connectivity index (χ2n) is 6.02. The predicted molar refractivity (Wildman–Crippen MR) is 92.9 cm³/mol. The monoisotopic (exact) mass is 340 g/mol. The van der Waals surface area contributed by atoms with Crippen molar-refractivity contribution in [3.05, 3.63) is 47.7 Å². The minimum Gasteiger partial charge on any atom is -0.480 e. The summed E-state index contributed by atoms with van der Waals surface area (Å²) in [6.07, 6.45) is 4.85. The molecular formula is C19H20N2O4. The van der Waals surface area contributed by atoms with Crippen LogP contribution in [-0.4, -0.2) is 47.1 Å². The molecule has 2 aromatic rings. The van der Waals surface area contributed by atoms with Crippen molar-refractivity contribution in [2.24, 2.45) is 0 Å². The van der Waals surface area contributed by atoms with E-state index in [-0.39, 0.29) is 17.4 Å². The molecule has 6 heteroatoms. The summed E-state index contributed by atoms with van der Waals surface area (Å²) in [5.41, 5.74) is 2.11.